The van der Waals surface area contributed by atoms with Crippen LogP contribution >= 0.6 is 0 Å². The van der Waals surface area contributed by atoms with Crippen molar-refractivity contribution in [1.82, 2.24) is 9.80 Å². The van der Waals surface area contributed by atoms with Crippen molar-refractivity contribution in [3.05, 3.63) is 131 Å². The van der Waals surface area contributed by atoms with Crippen molar-refractivity contribution in [1.29, 1.82) is 0 Å². The number of Topliss-reactive ketones (excluding diaryl/α,β-unsaturated/α-hetero) is 2. The summed E-state index contributed by atoms with van der Waals surface area (Å²) in [4.78, 5) is 36.2. The molecular weight excluding hydrogens is 673 g/mol. The Morgan fingerprint density at radius 3 is 1.44 bits per heavy atom. The van der Waals surface area contributed by atoms with Gasteiger partial charge in [0.25, 0.3) is 0 Å². The summed E-state index contributed by atoms with van der Waals surface area (Å²) in [7, 11) is 8.04. The fraction of sp³-hybridized carbons (Fsp3) is 0.435. The van der Waals surface area contributed by atoms with E-state index in [1.807, 2.05) is 94.9 Å². The Bertz CT molecular complexity index is 1750. The van der Waals surface area contributed by atoms with Crippen molar-refractivity contribution in [3.63, 3.8) is 0 Å². The molecule has 2 saturated heterocycles. The molecule has 0 N–H and O–H groups in total. The Labute approximate surface area is 323 Å². The number of ketones is 2. The zero-order valence-corrected chi connectivity index (χ0v) is 33.3. The first-order chi connectivity index (χ1) is 26.1. The number of anilines is 2. The van der Waals surface area contributed by atoms with Crippen LogP contribution in [0.2, 0.25) is 0 Å². The number of nitrogens with zero attached hydrogens (tertiary/aromatic N) is 4. The maximum Gasteiger partial charge on any atom is 0.185 e. The maximum atomic E-state index is 13.9. The average Bonchev–Trinajstić information content (AvgIpc) is 3.23. The number of hydrogen-bond acceptors (Lipinski definition) is 8. The number of morpholine rings is 2. The second kappa shape index (κ2) is 19.3. The highest BCUT2D eigenvalue weighted by molar-refractivity contribution is 6.07. The number of ether oxygens (including phenoxy) is 2. The first-order valence-corrected chi connectivity index (χ1v) is 19.5. The summed E-state index contributed by atoms with van der Waals surface area (Å²) in [5.41, 5.74) is 5.04. The summed E-state index contributed by atoms with van der Waals surface area (Å²) in [6.07, 6.45) is 2.93. The van der Waals surface area contributed by atoms with Gasteiger partial charge >= 0.3 is 0 Å². The molecule has 0 spiro atoms. The number of para-hydroxylation sites is 1. The minimum Gasteiger partial charge on any atom is -0.378 e. The molecule has 2 fully saturated rings. The summed E-state index contributed by atoms with van der Waals surface area (Å²) in [6, 6.07) is 36.7. The van der Waals surface area contributed by atoms with Crippen LogP contribution in [0.3, 0.4) is 0 Å². The van der Waals surface area contributed by atoms with Gasteiger partial charge < -0.3 is 19.3 Å². The van der Waals surface area contributed by atoms with E-state index in [1.165, 1.54) is 11.1 Å². The van der Waals surface area contributed by atoms with Gasteiger partial charge in [-0.05, 0) is 101 Å². The van der Waals surface area contributed by atoms with Crippen molar-refractivity contribution in [2.75, 3.05) is 90.6 Å². The SMILES string of the molecule is CCC(Cc1ccccc1)(C(=O)c1ccc(N2CCOCC2)cc1)N(C)C.CCC(Cc1ccccc1)(C(=O)c1ccccc1N1CCOCC1)N(C)C. The Morgan fingerprint density at radius 1 is 0.556 bits per heavy atom. The highest BCUT2D eigenvalue weighted by Gasteiger charge is 2.41. The zero-order valence-electron chi connectivity index (χ0n) is 33.3. The van der Waals surface area contributed by atoms with Crippen LogP contribution in [0.1, 0.15) is 58.5 Å². The summed E-state index contributed by atoms with van der Waals surface area (Å²) in [5.74, 6) is 0.383. The Kier molecular flexibility index (Phi) is 14.6. The fourth-order valence-electron chi connectivity index (χ4n) is 7.86. The molecule has 4 aromatic rings. The van der Waals surface area contributed by atoms with Crippen molar-refractivity contribution >= 4 is 22.9 Å². The Balaban J connectivity index is 0.000000208. The van der Waals surface area contributed by atoms with Crippen LogP contribution in [0.5, 0.6) is 0 Å². The van der Waals surface area contributed by atoms with E-state index in [9.17, 15) is 9.59 Å². The highest BCUT2D eigenvalue weighted by atomic mass is 16.5. The molecule has 0 bridgehead atoms. The molecule has 2 unspecified atom stereocenters. The van der Waals surface area contributed by atoms with Gasteiger partial charge in [-0.1, -0.05) is 86.6 Å². The normalized spacial score (nSPS) is 17.0. The zero-order chi connectivity index (χ0) is 38.6. The number of carbonyl (C=O) groups excluding carboxylic acids is 2. The van der Waals surface area contributed by atoms with Gasteiger partial charge in [-0.2, -0.15) is 0 Å². The molecule has 8 nitrogen and oxygen atoms in total. The predicted octanol–water partition coefficient (Wildman–Crippen LogP) is 7.32. The lowest BCUT2D eigenvalue weighted by Crippen LogP contribution is -2.53. The minimum absolute atomic E-state index is 0.187. The number of carbonyl (C=O) groups is 2. The first-order valence-electron chi connectivity index (χ1n) is 19.5. The van der Waals surface area contributed by atoms with Crippen molar-refractivity contribution < 1.29 is 19.1 Å². The molecule has 2 aliphatic heterocycles. The number of rotatable bonds is 14. The third kappa shape index (κ3) is 9.47. The van der Waals surface area contributed by atoms with E-state index in [-0.39, 0.29) is 11.6 Å². The molecule has 0 aromatic heterocycles. The number of benzene rings is 4. The molecule has 288 valence electrons. The molecule has 0 radical (unpaired) electrons. The summed E-state index contributed by atoms with van der Waals surface area (Å²) < 4.78 is 10.9. The maximum absolute atomic E-state index is 13.9. The van der Waals surface area contributed by atoms with Crippen molar-refractivity contribution in [2.45, 2.75) is 50.6 Å². The third-order valence-corrected chi connectivity index (χ3v) is 11.4. The lowest BCUT2D eigenvalue weighted by Gasteiger charge is -2.39. The first kappa shape index (κ1) is 40.8. The van der Waals surface area contributed by atoms with Crippen LogP contribution in [0.25, 0.3) is 0 Å². The van der Waals surface area contributed by atoms with E-state index < -0.39 is 11.1 Å². The molecule has 2 heterocycles. The summed E-state index contributed by atoms with van der Waals surface area (Å²) >= 11 is 0. The van der Waals surface area contributed by atoms with Crippen LogP contribution in [0.4, 0.5) is 11.4 Å². The molecular formula is C46H60N4O4. The Morgan fingerprint density at radius 2 is 0.981 bits per heavy atom. The van der Waals surface area contributed by atoms with Gasteiger partial charge in [0.1, 0.15) is 0 Å². The second-order valence-corrected chi connectivity index (χ2v) is 14.8. The van der Waals surface area contributed by atoms with Crippen LogP contribution in [0.15, 0.2) is 109 Å². The van der Waals surface area contributed by atoms with Gasteiger partial charge in [0.2, 0.25) is 0 Å². The summed E-state index contributed by atoms with van der Waals surface area (Å²) in [5, 5.41) is 0. The smallest absolute Gasteiger partial charge is 0.185 e. The van der Waals surface area contributed by atoms with E-state index in [1.54, 1.807) is 0 Å². The quantitative estimate of drug-likeness (QED) is 0.125. The number of hydrogen-bond donors (Lipinski definition) is 0. The molecule has 8 heteroatoms. The standard InChI is InChI=1S/2C23H30N2O2/c1-4-23(24(2)3,18-19-10-6-5-7-11-19)22(26)20-12-8-9-13-21(20)25-14-16-27-17-15-25;1-4-23(24(2)3,18-19-8-6-5-7-9-19)22(26)20-10-12-21(13-11-20)25-14-16-27-17-15-25/h2*5-13H,4,14-18H2,1-3H3. The molecule has 0 amide bonds. The fourth-order valence-corrected chi connectivity index (χ4v) is 7.86. The highest BCUT2D eigenvalue weighted by Crippen LogP contribution is 2.33. The largest absolute Gasteiger partial charge is 0.378 e. The molecule has 0 saturated carbocycles. The average molecular weight is 733 g/mol. The molecule has 54 heavy (non-hydrogen) atoms. The second-order valence-electron chi connectivity index (χ2n) is 14.8. The predicted molar refractivity (Wildman–Crippen MR) is 221 cm³/mol. The van der Waals surface area contributed by atoms with Gasteiger partial charge in [-0.15, -0.1) is 0 Å². The van der Waals surface area contributed by atoms with E-state index >= 15 is 0 Å². The van der Waals surface area contributed by atoms with Gasteiger partial charge in [0.05, 0.1) is 37.5 Å². The van der Waals surface area contributed by atoms with E-state index in [2.05, 4.69) is 75.9 Å². The van der Waals surface area contributed by atoms with Gasteiger partial charge in [0, 0.05) is 48.7 Å². The molecule has 2 atom stereocenters. The van der Waals surface area contributed by atoms with Gasteiger partial charge in [0.15, 0.2) is 11.6 Å². The van der Waals surface area contributed by atoms with Crippen molar-refractivity contribution in [3.8, 4) is 0 Å². The minimum atomic E-state index is -0.566. The van der Waals surface area contributed by atoms with Gasteiger partial charge in [-0.3, -0.25) is 19.4 Å². The van der Waals surface area contributed by atoms with E-state index in [4.69, 9.17) is 9.47 Å². The van der Waals surface area contributed by atoms with Crippen LogP contribution in [-0.2, 0) is 22.3 Å². The third-order valence-electron chi connectivity index (χ3n) is 11.4. The van der Waals surface area contributed by atoms with Crippen LogP contribution in [-0.4, -0.2) is 113 Å². The topological polar surface area (TPSA) is 65.6 Å². The lowest BCUT2D eigenvalue weighted by atomic mass is 9.79. The molecule has 2 aliphatic rings. The van der Waals surface area contributed by atoms with Crippen LogP contribution in [0, 0.1) is 0 Å². The van der Waals surface area contributed by atoms with Gasteiger partial charge in [-0.25, -0.2) is 0 Å². The molecule has 4 aromatic carbocycles. The summed E-state index contributed by atoms with van der Waals surface area (Å²) in [6.45, 7) is 10.6. The Hall–Kier alpha value is -4.34. The lowest BCUT2D eigenvalue weighted by molar-refractivity contribution is 0.0661. The van der Waals surface area contributed by atoms with E-state index in [0.29, 0.717) is 26.1 Å². The van der Waals surface area contributed by atoms with Crippen LogP contribution < -0.4 is 9.80 Å². The molecule has 0 aliphatic carbocycles. The van der Waals surface area contributed by atoms with E-state index in [0.717, 1.165) is 74.7 Å². The monoisotopic (exact) mass is 732 g/mol. The number of likely N-dealkylation sites (N-methyl/N-ethyl adjacent to an activating group) is 2. The van der Waals surface area contributed by atoms with Crippen molar-refractivity contribution in [2.24, 2.45) is 0 Å². The molecule has 6 rings (SSSR count).